The van der Waals surface area contributed by atoms with Crippen LogP contribution in [-0.4, -0.2) is 39.8 Å². The number of para-hydroxylation sites is 1. The van der Waals surface area contributed by atoms with Gasteiger partial charge in [-0.05, 0) is 18.1 Å². The van der Waals surface area contributed by atoms with E-state index in [4.69, 9.17) is 9.47 Å². The number of carbonyl (C=O) groups excluding carboxylic acids is 2. The lowest BCUT2D eigenvalue weighted by Crippen LogP contribution is -2.28. The van der Waals surface area contributed by atoms with Gasteiger partial charge in [0.1, 0.15) is 6.42 Å². The summed E-state index contributed by atoms with van der Waals surface area (Å²) in [6, 6.07) is 5.55. The first-order valence-electron chi connectivity index (χ1n) is 6.15. The average molecular weight is 281 g/mol. The highest BCUT2D eigenvalue weighted by Gasteiger charge is 2.11. The number of rotatable bonds is 7. The van der Waals surface area contributed by atoms with E-state index in [1.165, 1.54) is 7.11 Å². The van der Waals surface area contributed by atoms with E-state index in [9.17, 15) is 9.59 Å². The Hall–Kier alpha value is -2.24. The van der Waals surface area contributed by atoms with Gasteiger partial charge in [0.15, 0.2) is 11.5 Å². The highest BCUT2D eigenvalue weighted by Crippen LogP contribution is 2.30. The van der Waals surface area contributed by atoms with Gasteiger partial charge >= 0.3 is 5.97 Å². The Morgan fingerprint density at radius 3 is 2.50 bits per heavy atom. The first-order valence-corrected chi connectivity index (χ1v) is 6.15. The Labute approximate surface area is 118 Å². The standard InChI is InChI=1S/C14H19NO5/c1-18-11-6-4-5-10(14(11)20-3)7-8-15-12(16)9-13(17)19-2/h4-6H,7-9H2,1-3H3,(H,15,16). The predicted molar refractivity (Wildman–Crippen MR) is 72.9 cm³/mol. The van der Waals surface area contributed by atoms with Crippen molar-refractivity contribution in [3.05, 3.63) is 23.8 Å². The molecular formula is C14H19NO5. The molecule has 0 saturated heterocycles. The van der Waals surface area contributed by atoms with Gasteiger partial charge in [-0.2, -0.15) is 0 Å². The van der Waals surface area contributed by atoms with E-state index in [0.29, 0.717) is 24.5 Å². The predicted octanol–water partition coefficient (Wildman–Crippen LogP) is 0.926. The van der Waals surface area contributed by atoms with Crippen molar-refractivity contribution < 1.29 is 23.8 Å². The van der Waals surface area contributed by atoms with E-state index in [2.05, 4.69) is 10.1 Å². The summed E-state index contributed by atoms with van der Waals surface area (Å²) in [5.41, 5.74) is 0.921. The van der Waals surface area contributed by atoms with E-state index in [-0.39, 0.29) is 12.3 Å². The van der Waals surface area contributed by atoms with Crippen molar-refractivity contribution in [1.29, 1.82) is 0 Å². The van der Waals surface area contributed by atoms with Gasteiger partial charge in [-0.1, -0.05) is 12.1 Å². The second kappa shape index (κ2) is 8.04. The number of carbonyl (C=O) groups is 2. The van der Waals surface area contributed by atoms with Crippen molar-refractivity contribution in [2.45, 2.75) is 12.8 Å². The molecule has 0 spiro atoms. The molecular weight excluding hydrogens is 262 g/mol. The monoisotopic (exact) mass is 281 g/mol. The average Bonchev–Trinajstić information content (AvgIpc) is 2.46. The zero-order chi connectivity index (χ0) is 15.0. The summed E-state index contributed by atoms with van der Waals surface area (Å²) < 4.78 is 14.9. The molecule has 0 fully saturated rings. The first-order chi connectivity index (χ1) is 9.62. The van der Waals surface area contributed by atoms with E-state index < -0.39 is 5.97 Å². The number of amides is 1. The minimum Gasteiger partial charge on any atom is -0.493 e. The van der Waals surface area contributed by atoms with Gasteiger partial charge in [0, 0.05) is 6.54 Å². The van der Waals surface area contributed by atoms with E-state index in [1.807, 2.05) is 12.1 Å². The summed E-state index contributed by atoms with van der Waals surface area (Å²) >= 11 is 0. The minimum atomic E-state index is -0.554. The zero-order valence-electron chi connectivity index (χ0n) is 11.9. The lowest BCUT2D eigenvalue weighted by atomic mass is 10.1. The van der Waals surface area contributed by atoms with E-state index in [1.54, 1.807) is 20.3 Å². The molecule has 0 atom stereocenters. The Kier molecular flexibility index (Phi) is 6.36. The molecule has 110 valence electrons. The molecule has 0 radical (unpaired) electrons. The minimum absolute atomic E-state index is 0.272. The molecule has 6 heteroatoms. The molecule has 1 N–H and O–H groups in total. The van der Waals surface area contributed by atoms with Crippen molar-refractivity contribution in [3.63, 3.8) is 0 Å². The second-order valence-corrected chi connectivity index (χ2v) is 4.01. The summed E-state index contributed by atoms with van der Waals surface area (Å²) in [4.78, 5) is 22.3. The molecule has 0 aliphatic heterocycles. The Morgan fingerprint density at radius 1 is 1.15 bits per heavy atom. The molecule has 0 heterocycles. The molecule has 0 aliphatic rings. The fraction of sp³-hybridized carbons (Fsp3) is 0.429. The molecule has 1 aromatic carbocycles. The van der Waals surface area contributed by atoms with Gasteiger partial charge in [0.25, 0.3) is 0 Å². The summed E-state index contributed by atoms with van der Waals surface area (Å²) in [7, 11) is 4.38. The van der Waals surface area contributed by atoms with Gasteiger partial charge in [-0.25, -0.2) is 0 Å². The van der Waals surface area contributed by atoms with Crippen LogP contribution in [0.3, 0.4) is 0 Å². The number of methoxy groups -OCH3 is 3. The van der Waals surface area contributed by atoms with Crippen molar-refractivity contribution in [3.8, 4) is 11.5 Å². The molecule has 0 unspecified atom stereocenters. The molecule has 0 aromatic heterocycles. The molecule has 1 rings (SSSR count). The van der Waals surface area contributed by atoms with Crippen molar-refractivity contribution in [2.24, 2.45) is 0 Å². The van der Waals surface area contributed by atoms with Crippen LogP contribution in [-0.2, 0) is 20.7 Å². The molecule has 0 aliphatic carbocycles. The summed E-state index contributed by atoms with van der Waals surface area (Å²) in [6.07, 6.45) is 0.305. The number of hydrogen-bond donors (Lipinski definition) is 1. The lowest BCUT2D eigenvalue weighted by molar-refractivity contribution is -0.143. The molecule has 20 heavy (non-hydrogen) atoms. The largest absolute Gasteiger partial charge is 0.493 e. The van der Waals surface area contributed by atoms with Crippen LogP contribution in [0.25, 0.3) is 0 Å². The van der Waals surface area contributed by atoms with Crippen molar-refractivity contribution in [1.82, 2.24) is 5.32 Å². The third kappa shape index (κ3) is 4.46. The maximum absolute atomic E-state index is 11.4. The smallest absolute Gasteiger partial charge is 0.315 e. The molecule has 0 bridgehead atoms. The van der Waals surface area contributed by atoms with E-state index in [0.717, 1.165) is 5.56 Å². The summed E-state index contributed by atoms with van der Waals surface area (Å²) in [6.45, 7) is 0.402. The number of ether oxygens (including phenoxy) is 3. The number of benzene rings is 1. The normalized spacial score (nSPS) is 9.75. The van der Waals surface area contributed by atoms with Crippen LogP contribution >= 0.6 is 0 Å². The van der Waals surface area contributed by atoms with Crippen LogP contribution in [0.1, 0.15) is 12.0 Å². The van der Waals surface area contributed by atoms with Crippen LogP contribution in [0.2, 0.25) is 0 Å². The molecule has 1 amide bonds. The fourth-order valence-corrected chi connectivity index (χ4v) is 1.75. The quantitative estimate of drug-likeness (QED) is 0.594. The van der Waals surface area contributed by atoms with Gasteiger partial charge < -0.3 is 19.5 Å². The maximum atomic E-state index is 11.4. The third-order valence-electron chi connectivity index (χ3n) is 2.73. The van der Waals surface area contributed by atoms with Crippen LogP contribution in [0.4, 0.5) is 0 Å². The number of hydrogen-bond acceptors (Lipinski definition) is 5. The van der Waals surface area contributed by atoms with Crippen molar-refractivity contribution >= 4 is 11.9 Å². The van der Waals surface area contributed by atoms with Crippen LogP contribution in [0.5, 0.6) is 11.5 Å². The lowest BCUT2D eigenvalue weighted by Gasteiger charge is -2.12. The number of esters is 1. The second-order valence-electron chi connectivity index (χ2n) is 4.01. The first kappa shape index (κ1) is 15.8. The zero-order valence-corrected chi connectivity index (χ0v) is 11.9. The Bertz CT molecular complexity index is 473. The van der Waals surface area contributed by atoms with E-state index >= 15 is 0 Å². The molecule has 1 aromatic rings. The maximum Gasteiger partial charge on any atom is 0.315 e. The van der Waals surface area contributed by atoms with Crippen LogP contribution in [0.15, 0.2) is 18.2 Å². The number of nitrogens with one attached hydrogen (secondary N) is 1. The third-order valence-corrected chi connectivity index (χ3v) is 2.73. The van der Waals surface area contributed by atoms with Gasteiger partial charge in [0.2, 0.25) is 5.91 Å². The SMILES string of the molecule is COC(=O)CC(=O)NCCc1cccc(OC)c1OC. The van der Waals surface area contributed by atoms with Crippen LogP contribution in [0, 0.1) is 0 Å². The Morgan fingerprint density at radius 2 is 1.90 bits per heavy atom. The topological polar surface area (TPSA) is 73.9 Å². The Balaban J connectivity index is 2.54. The highest BCUT2D eigenvalue weighted by atomic mass is 16.5. The van der Waals surface area contributed by atoms with Gasteiger partial charge in [-0.3, -0.25) is 9.59 Å². The van der Waals surface area contributed by atoms with Gasteiger partial charge in [-0.15, -0.1) is 0 Å². The fourth-order valence-electron chi connectivity index (χ4n) is 1.75. The van der Waals surface area contributed by atoms with Gasteiger partial charge in [0.05, 0.1) is 21.3 Å². The molecule has 6 nitrogen and oxygen atoms in total. The summed E-state index contributed by atoms with van der Waals surface area (Å²) in [5, 5.41) is 2.65. The molecule has 0 saturated carbocycles. The summed E-state index contributed by atoms with van der Waals surface area (Å²) in [5.74, 6) is 0.378. The van der Waals surface area contributed by atoms with Crippen LogP contribution < -0.4 is 14.8 Å². The highest BCUT2D eigenvalue weighted by molar-refractivity contribution is 5.94. The van der Waals surface area contributed by atoms with Crippen molar-refractivity contribution in [2.75, 3.05) is 27.9 Å².